The lowest BCUT2D eigenvalue weighted by molar-refractivity contribution is -0.384. The average Bonchev–Trinajstić information content (AvgIpc) is 2.40. The molecule has 1 aromatic carbocycles. The second kappa shape index (κ2) is 6.00. The van der Waals surface area contributed by atoms with Crippen molar-refractivity contribution in [3.63, 3.8) is 0 Å². The highest BCUT2D eigenvalue weighted by molar-refractivity contribution is 5.95. The van der Waals surface area contributed by atoms with Gasteiger partial charge in [0.2, 0.25) is 0 Å². The van der Waals surface area contributed by atoms with Crippen molar-refractivity contribution >= 4 is 11.6 Å². The summed E-state index contributed by atoms with van der Waals surface area (Å²) in [5.74, 6) is -0.372. The smallest absolute Gasteiger partial charge is 0.270 e. The molecule has 0 aromatic heterocycles. The summed E-state index contributed by atoms with van der Waals surface area (Å²) >= 11 is 0. The summed E-state index contributed by atoms with van der Waals surface area (Å²) in [6, 6.07) is 4.03. The molecule has 0 unspecified atom stereocenters. The molecule has 0 spiro atoms. The van der Waals surface area contributed by atoms with Gasteiger partial charge in [-0.15, -0.1) is 0 Å². The number of nitro benzene ring substituents is 1. The standard InChI is InChI=1S/C14H18N2O4/c1-9-6-10(8-11(7-9)16(19)20)14(18)15-12-4-2-3-5-13(12)17/h6-8,12-13,17H,2-5H2,1H3,(H,15,18)/t12-,13-/m1/s1. The summed E-state index contributed by atoms with van der Waals surface area (Å²) in [7, 11) is 0. The lowest BCUT2D eigenvalue weighted by Gasteiger charge is -2.28. The van der Waals surface area contributed by atoms with Crippen LogP contribution < -0.4 is 5.32 Å². The van der Waals surface area contributed by atoms with Gasteiger partial charge in [-0.05, 0) is 31.4 Å². The van der Waals surface area contributed by atoms with Crippen LogP contribution in [0.15, 0.2) is 18.2 Å². The van der Waals surface area contributed by atoms with Crippen LogP contribution in [0.1, 0.15) is 41.6 Å². The molecule has 108 valence electrons. The number of carbonyl (C=O) groups is 1. The molecule has 6 heteroatoms. The highest BCUT2D eigenvalue weighted by Crippen LogP contribution is 2.20. The topological polar surface area (TPSA) is 92.5 Å². The lowest BCUT2D eigenvalue weighted by Crippen LogP contribution is -2.45. The van der Waals surface area contributed by atoms with Crippen LogP contribution in [-0.4, -0.2) is 28.1 Å². The number of aliphatic hydroxyl groups is 1. The molecule has 1 saturated carbocycles. The van der Waals surface area contributed by atoms with Crippen molar-refractivity contribution in [1.29, 1.82) is 0 Å². The highest BCUT2D eigenvalue weighted by atomic mass is 16.6. The molecule has 1 aromatic rings. The number of hydrogen-bond acceptors (Lipinski definition) is 4. The third-order valence-electron chi connectivity index (χ3n) is 3.58. The Balaban J connectivity index is 2.14. The van der Waals surface area contributed by atoms with Crippen LogP contribution in [0.5, 0.6) is 0 Å². The fourth-order valence-electron chi connectivity index (χ4n) is 2.53. The summed E-state index contributed by atoms with van der Waals surface area (Å²) in [6.45, 7) is 1.71. The fourth-order valence-corrected chi connectivity index (χ4v) is 2.53. The van der Waals surface area contributed by atoms with Gasteiger partial charge in [0.15, 0.2) is 0 Å². The molecule has 2 N–H and O–H groups in total. The number of non-ortho nitro benzene ring substituents is 1. The van der Waals surface area contributed by atoms with Crippen LogP contribution in [0, 0.1) is 17.0 Å². The molecule has 2 atom stereocenters. The summed E-state index contributed by atoms with van der Waals surface area (Å²) in [4.78, 5) is 22.4. The Morgan fingerprint density at radius 3 is 2.70 bits per heavy atom. The monoisotopic (exact) mass is 278 g/mol. The zero-order valence-corrected chi connectivity index (χ0v) is 11.3. The summed E-state index contributed by atoms with van der Waals surface area (Å²) in [6.07, 6.45) is 2.81. The van der Waals surface area contributed by atoms with Crippen LogP contribution >= 0.6 is 0 Å². The quantitative estimate of drug-likeness (QED) is 0.652. The van der Waals surface area contributed by atoms with Gasteiger partial charge in [0.1, 0.15) is 0 Å². The van der Waals surface area contributed by atoms with Gasteiger partial charge in [-0.25, -0.2) is 0 Å². The van der Waals surface area contributed by atoms with Gasteiger partial charge in [0.25, 0.3) is 11.6 Å². The minimum absolute atomic E-state index is 0.0978. The van der Waals surface area contributed by atoms with Gasteiger partial charge >= 0.3 is 0 Å². The largest absolute Gasteiger partial charge is 0.391 e. The molecule has 2 rings (SSSR count). The van der Waals surface area contributed by atoms with E-state index in [1.54, 1.807) is 13.0 Å². The minimum atomic E-state index is -0.535. The summed E-state index contributed by atoms with van der Waals surface area (Å²) in [5, 5.41) is 23.4. The van der Waals surface area contributed by atoms with Gasteiger partial charge < -0.3 is 10.4 Å². The first-order valence-electron chi connectivity index (χ1n) is 6.72. The van der Waals surface area contributed by atoms with E-state index in [0.717, 1.165) is 19.3 Å². The Morgan fingerprint density at radius 2 is 2.05 bits per heavy atom. The van der Waals surface area contributed by atoms with Gasteiger partial charge in [-0.1, -0.05) is 12.8 Å². The van der Waals surface area contributed by atoms with E-state index >= 15 is 0 Å². The Bertz CT molecular complexity index is 530. The predicted octanol–water partition coefficient (Wildman–Crippen LogP) is 1.94. The van der Waals surface area contributed by atoms with Crippen molar-refractivity contribution in [3.05, 3.63) is 39.4 Å². The Kier molecular flexibility index (Phi) is 4.34. The number of hydrogen-bond donors (Lipinski definition) is 2. The molecule has 0 aliphatic heterocycles. The second-order valence-electron chi connectivity index (χ2n) is 5.25. The van der Waals surface area contributed by atoms with Crippen LogP contribution in [0.25, 0.3) is 0 Å². The molecule has 0 saturated heterocycles. The number of carbonyl (C=O) groups excluding carboxylic acids is 1. The first kappa shape index (κ1) is 14.5. The number of aryl methyl sites for hydroxylation is 1. The van der Waals surface area contributed by atoms with E-state index in [0.29, 0.717) is 12.0 Å². The maximum atomic E-state index is 12.1. The Morgan fingerprint density at radius 1 is 1.35 bits per heavy atom. The van der Waals surface area contributed by atoms with Crippen LogP contribution in [-0.2, 0) is 0 Å². The zero-order chi connectivity index (χ0) is 14.7. The van der Waals surface area contributed by atoms with E-state index in [-0.39, 0.29) is 23.2 Å². The summed E-state index contributed by atoms with van der Waals surface area (Å²) < 4.78 is 0. The molecule has 20 heavy (non-hydrogen) atoms. The van der Waals surface area contributed by atoms with Gasteiger partial charge in [0.05, 0.1) is 17.1 Å². The fraction of sp³-hybridized carbons (Fsp3) is 0.500. The van der Waals surface area contributed by atoms with E-state index in [2.05, 4.69) is 5.32 Å². The van der Waals surface area contributed by atoms with E-state index in [1.165, 1.54) is 12.1 Å². The summed E-state index contributed by atoms with van der Waals surface area (Å²) in [5.41, 5.74) is 0.822. The molecule has 6 nitrogen and oxygen atoms in total. The van der Waals surface area contributed by atoms with Crippen LogP contribution in [0.3, 0.4) is 0 Å². The first-order valence-corrected chi connectivity index (χ1v) is 6.72. The maximum absolute atomic E-state index is 12.1. The second-order valence-corrected chi connectivity index (χ2v) is 5.25. The van der Waals surface area contributed by atoms with Crippen LogP contribution in [0.4, 0.5) is 5.69 Å². The number of aliphatic hydroxyl groups excluding tert-OH is 1. The molecule has 1 fully saturated rings. The maximum Gasteiger partial charge on any atom is 0.270 e. The number of amides is 1. The highest BCUT2D eigenvalue weighted by Gasteiger charge is 2.25. The minimum Gasteiger partial charge on any atom is -0.391 e. The number of nitro groups is 1. The molecule has 1 aliphatic carbocycles. The number of benzene rings is 1. The van der Waals surface area contributed by atoms with Gasteiger partial charge in [-0.3, -0.25) is 14.9 Å². The normalized spacial score (nSPS) is 22.3. The van der Waals surface area contributed by atoms with Crippen molar-refractivity contribution in [2.24, 2.45) is 0 Å². The van der Waals surface area contributed by atoms with Crippen molar-refractivity contribution in [1.82, 2.24) is 5.32 Å². The Labute approximate surface area is 117 Å². The number of nitrogens with zero attached hydrogens (tertiary/aromatic N) is 1. The van der Waals surface area contributed by atoms with E-state index in [4.69, 9.17) is 0 Å². The third-order valence-corrected chi connectivity index (χ3v) is 3.58. The zero-order valence-electron chi connectivity index (χ0n) is 11.3. The molecule has 1 amide bonds. The van der Waals surface area contributed by atoms with E-state index in [9.17, 15) is 20.0 Å². The van der Waals surface area contributed by atoms with Gasteiger partial charge in [0, 0.05) is 17.7 Å². The SMILES string of the molecule is Cc1cc(C(=O)N[C@@H]2CCCC[C@H]2O)cc([N+](=O)[O-])c1. The van der Waals surface area contributed by atoms with E-state index < -0.39 is 11.0 Å². The van der Waals surface area contributed by atoms with Crippen LogP contribution in [0.2, 0.25) is 0 Å². The number of rotatable bonds is 3. The van der Waals surface area contributed by atoms with Crippen molar-refractivity contribution in [2.75, 3.05) is 0 Å². The molecule has 0 heterocycles. The molecule has 0 radical (unpaired) electrons. The molecule has 0 bridgehead atoms. The third kappa shape index (κ3) is 3.33. The van der Waals surface area contributed by atoms with Crippen molar-refractivity contribution in [3.8, 4) is 0 Å². The molecular formula is C14H18N2O4. The van der Waals surface area contributed by atoms with E-state index in [1.807, 2.05) is 0 Å². The first-order chi connectivity index (χ1) is 9.47. The predicted molar refractivity (Wildman–Crippen MR) is 73.6 cm³/mol. The average molecular weight is 278 g/mol. The van der Waals surface area contributed by atoms with Gasteiger partial charge in [-0.2, -0.15) is 0 Å². The molecular weight excluding hydrogens is 260 g/mol. The number of nitrogens with one attached hydrogen (secondary N) is 1. The molecule has 1 aliphatic rings. The van der Waals surface area contributed by atoms with Crippen molar-refractivity contribution in [2.45, 2.75) is 44.8 Å². The van der Waals surface area contributed by atoms with Crippen molar-refractivity contribution < 1.29 is 14.8 Å². The lowest BCUT2D eigenvalue weighted by atomic mass is 9.92. The Hall–Kier alpha value is -1.95.